The van der Waals surface area contributed by atoms with Gasteiger partial charge in [0.15, 0.2) is 0 Å². The van der Waals surface area contributed by atoms with E-state index < -0.39 is 6.29 Å². The van der Waals surface area contributed by atoms with Crippen LogP contribution in [0.25, 0.3) is 0 Å². The van der Waals surface area contributed by atoms with Crippen molar-refractivity contribution in [2.24, 2.45) is 0 Å². The molecule has 0 radical (unpaired) electrons. The molecule has 4 heteroatoms. The first kappa shape index (κ1) is 32.9. The van der Waals surface area contributed by atoms with E-state index in [1.807, 2.05) is 25.1 Å². The Morgan fingerprint density at radius 2 is 1.31 bits per heavy atom. The average molecular weight is 539 g/mol. The van der Waals surface area contributed by atoms with Gasteiger partial charge in [0, 0.05) is 18.9 Å². The molecule has 0 aliphatic heterocycles. The number of para-hydroxylation sites is 1. The van der Waals surface area contributed by atoms with Gasteiger partial charge >= 0.3 is 5.97 Å². The first-order valence-corrected chi connectivity index (χ1v) is 15.7. The van der Waals surface area contributed by atoms with Crippen LogP contribution in [0.4, 0.5) is 0 Å². The quantitative estimate of drug-likeness (QED) is 0.0648. The third-order valence-corrected chi connectivity index (χ3v) is 7.46. The van der Waals surface area contributed by atoms with Crippen LogP contribution in [-0.4, -0.2) is 37.4 Å². The Morgan fingerprint density at radius 3 is 1.95 bits per heavy atom. The van der Waals surface area contributed by atoms with Crippen molar-refractivity contribution in [3.8, 4) is 5.75 Å². The van der Waals surface area contributed by atoms with Gasteiger partial charge in [0.1, 0.15) is 12.3 Å². The number of hydrogen-bond donors (Lipinski definition) is 0. The predicted octanol–water partition coefficient (Wildman–Crippen LogP) is 9.26. The molecule has 0 heterocycles. The smallest absolute Gasteiger partial charge is 0.309 e. The maximum absolute atomic E-state index is 12.5. The molecule has 2 rings (SSSR count). The van der Waals surface area contributed by atoms with E-state index in [1.54, 1.807) is 0 Å². The van der Waals surface area contributed by atoms with Gasteiger partial charge in [-0.1, -0.05) is 126 Å². The molecule has 1 atom stereocenters. The Morgan fingerprint density at radius 1 is 0.744 bits per heavy atom. The molecule has 0 aliphatic rings. The molecule has 0 amide bonds. The summed E-state index contributed by atoms with van der Waals surface area (Å²) in [4.78, 5) is 12.5. The molecule has 2 aromatic rings. The van der Waals surface area contributed by atoms with Crippen molar-refractivity contribution >= 4 is 5.97 Å². The second-order valence-electron chi connectivity index (χ2n) is 11.8. The van der Waals surface area contributed by atoms with Crippen LogP contribution in [0.15, 0.2) is 54.6 Å². The number of aryl methyl sites for hydroxylation is 1. The molecule has 0 aromatic heterocycles. The molecule has 4 nitrogen and oxygen atoms in total. The number of nitrogens with zero attached hydrogens (tertiary/aromatic N) is 1. The molecule has 39 heavy (non-hydrogen) atoms. The topological polar surface area (TPSA) is 35.5 Å². The number of carbonyl (C=O) groups is 1. The molecular weight excluding hydrogens is 482 g/mol. The van der Waals surface area contributed by atoms with Gasteiger partial charge in [0.2, 0.25) is 6.29 Å². The summed E-state index contributed by atoms with van der Waals surface area (Å²) in [7, 11) is 4.41. The minimum Gasteiger partial charge on any atom is -0.455 e. The van der Waals surface area contributed by atoms with Gasteiger partial charge in [-0.25, -0.2) is 0 Å². The third kappa shape index (κ3) is 15.8. The Kier molecular flexibility index (Phi) is 16.6. The highest BCUT2D eigenvalue weighted by molar-refractivity contribution is 5.69. The highest BCUT2D eigenvalue weighted by Crippen LogP contribution is 2.23. The van der Waals surface area contributed by atoms with Crippen molar-refractivity contribution in [2.75, 3.05) is 20.6 Å². The number of ether oxygens (including phenoxy) is 2. The summed E-state index contributed by atoms with van der Waals surface area (Å²) in [5.74, 6) is 0.641. The summed E-state index contributed by atoms with van der Waals surface area (Å²) < 4.78 is 12.5. The fraction of sp³-hybridized carbons (Fsp3) is 0.629. The van der Waals surface area contributed by atoms with Crippen LogP contribution in [0.5, 0.6) is 5.75 Å². The molecule has 0 saturated heterocycles. The summed E-state index contributed by atoms with van der Waals surface area (Å²) in [5.41, 5.74) is 2.52. The minimum atomic E-state index is -0.590. The van der Waals surface area contributed by atoms with E-state index in [2.05, 4.69) is 57.4 Å². The van der Waals surface area contributed by atoms with Crippen LogP contribution in [0.1, 0.15) is 115 Å². The minimum absolute atomic E-state index is 0.194. The number of unbranched alkanes of at least 4 members (excludes halogenated alkanes) is 11. The van der Waals surface area contributed by atoms with E-state index in [-0.39, 0.29) is 5.97 Å². The number of rotatable bonds is 22. The van der Waals surface area contributed by atoms with E-state index >= 15 is 0 Å². The van der Waals surface area contributed by atoms with Crippen molar-refractivity contribution in [3.63, 3.8) is 0 Å². The van der Waals surface area contributed by atoms with E-state index in [9.17, 15) is 4.79 Å². The number of carbonyl (C=O) groups excluding carboxylic acids is 1. The maximum Gasteiger partial charge on any atom is 0.309 e. The van der Waals surface area contributed by atoms with Gasteiger partial charge in [-0.2, -0.15) is 0 Å². The van der Waals surface area contributed by atoms with E-state index in [1.165, 1.54) is 88.2 Å². The third-order valence-electron chi connectivity index (χ3n) is 7.46. The maximum atomic E-state index is 12.5. The molecule has 0 bridgehead atoms. The molecule has 0 N–H and O–H groups in total. The van der Waals surface area contributed by atoms with E-state index in [4.69, 9.17) is 9.47 Å². The van der Waals surface area contributed by atoms with Crippen molar-refractivity contribution in [2.45, 2.75) is 123 Å². The zero-order chi connectivity index (χ0) is 28.2. The van der Waals surface area contributed by atoms with Crippen LogP contribution in [0.3, 0.4) is 0 Å². The van der Waals surface area contributed by atoms with Gasteiger partial charge in [-0.3, -0.25) is 4.79 Å². The summed E-state index contributed by atoms with van der Waals surface area (Å²) in [6.45, 7) is 5.96. The van der Waals surface area contributed by atoms with E-state index in [0.717, 1.165) is 36.2 Å². The van der Waals surface area contributed by atoms with Crippen LogP contribution in [0.2, 0.25) is 0 Å². The zero-order valence-corrected chi connectivity index (χ0v) is 25.5. The molecule has 0 saturated carbocycles. The lowest BCUT2D eigenvalue weighted by Crippen LogP contribution is -2.39. The van der Waals surface area contributed by atoms with Crippen molar-refractivity contribution in [1.82, 2.24) is 0 Å². The Balaban J connectivity index is 1.59. The number of hydrogen-bond acceptors (Lipinski definition) is 3. The predicted molar refractivity (Wildman–Crippen MR) is 164 cm³/mol. The summed E-state index contributed by atoms with van der Waals surface area (Å²) in [6, 6.07) is 18.7. The lowest BCUT2D eigenvalue weighted by molar-refractivity contribution is -0.903. The van der Waals surface area contributed by atoms with Gasteiger partial charge < -0.3 is 14.0 Å². The van der Waals surface area contributed by atoms with Crippen LogP contribution >= 0.6 is 0 Å². The second kappa shape index (κ2) is 19.7. The van der Waals surface area contributed by atoms with Gasteiger partial charge in [-0.05, 0) is 24.5 Å². The molecule has 0 fully saturated rings. The summed E-state index contributed by atoms with van der Waals surface area (Å²) >= 11 is 0. The first-order chi connectivity index (χ1) is 18.9. The summed E-state index contributed by atoms with van der Waals surface area (Å²) in [5, 5.41) is 0. The molecular formula is C35H56NO3+. The fourth-order valence-electron chi connectivity index (χ4n) is 5.24. The Labute approximate surface area is 239 Å². The number of quaternary nitrogens is 1. The fourth-order valence-corrected chi connectivity index (χ4v) is 5.24. The number of benzene rings is 2. The average Bonchev–Trinajstić information content (AvgIpc) is 2.90. The lowest BCUT2D eigenvalue weighted by Gasteiger charge is -2.30. The standard InChI is InChI=1S/C35H56NO3/c1-5-6-7-8-9-10-11-12-13-14-15-19-25-33-26-20-21-27-34(33)38-31(2)39-35(37)28-22-29-36(3,4)30-32-23-17-16-18-24-32/h16-18,20-21,23-24,26-27,31H,5-15,19,22,25,28-30H2,1-4H3/q+1. The molecule has 2 aromatic carbocycles. The molecule has 1 unspecified atom stereocenters. The second-order valence-corrected chi connectivity index (χ2v) is 11.8. The highest BCUT2D eigenvalue weighted by Gasteiger charge is 2.18. The molecule has 0 aliphatic carbocycles. The summed E-state index contributed by atoms with van der Waals surface area (Å²) in [6.07, 6.45) is 17.8. The first-order valence-electron chi connectivity index (χ1n) is 15.7. The van der Waals surface area contributed by atoms with Crippen molar-refractivity contribution in [1.29, 1.82) is 0 Å². The van der Waals surface area contributed by atoms with Crippen LogP contribution < -0.4 is 4.74 Å². The normalized spacial score (nSPS) is 12.3. The number of esters is 1. The van der Waals surface area contributed by atoms with Crippen molar-refractivity contribution < 1.29 is 18.8 Å². The lowest BCUT2D eigenvalue weighted by atomic mass is 10.0. The molecule has 218 valence electrons. The SMILES string of the molecule is CCCCCCCCCCCCCCc1ccccc1OC(C)OC(=O)CCC[N+](C)(C)Cc1ccccc1. The Hall–Kier alpha value is -2.33. The van der Waals surface area contributed by atoms with Gasteiger partial charge in [0.25, 0.3) is 0 Å². The van der Waals surface area contributed by atoms with Crippen molar-refractivity contribution in [3.05, 3.63) is 65.7 Å². The molecule has 0 spiro atoms. The Bertz CT molecular complexity index is 896. The van der Waals surface area contributed by atoms with Crippen LogP contribution in [0, 0.1) is 0 Å². The van der Waals surface area contributed by atoms with Gasteiger partial charge in [-0.15, -0.1) is 0 Å². The van der Waals surface area contributed by atoms with Gasteiger partial charge in [0.05, 0.1) is 27.1 Å². The van der Waals surface area contributed by atoms with Crippen LogP contribution in [-0.2, 0) is 22.5 Å². The van der Waals surface area contributed by atoms with E-state index in [0.29, 0.717) is 6.42 Å². The zero-order valence-electron chi connectivity index (χ0n) is 25.5. The monoisotopic (exact) mass is 538 g/mol. The highest BCUT2D eigenvalue weighted by atomic mass is 16.7. The largest absolute Gasteiger partial charge is 0.455 e.